The Kier molecular flexibility index (Phi) is 4.47. The van der Waals surface area contributed by atoms with Crippen LogP contribution < -0.4 is 5.32 Å². The first kappa shape index (κ1) is 13.5. The summed E-state index contributed by atoms with van der Waals surface area (Å²) in [6, 6.07) is 5.62. The third-order valence-electron chi connectivity index (χ3n) is 2.58. The number of pyridine rings is 1. The van der Waals surface area contributed by atoms with Crippen LogP contribution in [-0.4, -0.2) is 22.2 Å². The van der Waals surface area contributed by atoms with Crippen molar-refractivity contribution in [3.63, 3.8) is 0 Å². The Morgan fingerprint density at radius 3 is 2.82 bits per heavy atom. The van der Waals surface area contributed by atoms with Gasteiger partial charge in [0.15, 0.2) is 0 Å². The molecule has 0 aromatic carbocycles. The number of aromatic nitrogens is 1. The van der Waals surface area contributed by atoms with Crippen LogP contribution in [0.2, 0.25) is 0 Å². The van der Waals surface area contributed by atoms with Crippen LogP contribution >= 0.6 is 0 Å². The van der Waals surface area contributed by atoms with E-state index >= 15 is 0 Å². The number of anilines is 1. The predicted molar refractivity (Wildman–Crippen MR) is 67.7 cm³/mol. The second-order valence-electron chi connectivity index (χ2n) is 4.56. The molecule has 0 fully saturated rings. The van der Waals surface area contributed by atoms with Crippen LogP contribution in [0.15, 0.2) is 12.1 Å². The highest BCUT2D eigenvalue weighted by molar-refractivity contribution is 5.52. The quantitative estimate of drug-likeness (QED) is 0.818. The number of nitriles is 1. The molecule has 0 saturated carbocycles. The smallest absolute Gasteiger partial charge is 0.144 e. The zero-order valence-corrected chi connectivity index (χ0v) is 10.6. The molecule has 1 atom stereocenters. The third kappa shape index (κ3) is 4.04. The largest absolute Gasteiger partial charge is 0.388 e. The van der Waals surface area contributed by atoms with E-state index in [1.165, 1.54) is 0 Å². The summed E-state index contributed by atoms with van der Waals surface area (Å²) in [4.78, 5) is 4.26. The van der Waals surface area contributed by atoms with E-state index in [9.17, 15) is 5.11 Å². The fraction of sp³-hybridized carbons (Fsp3) is 0.538. The summed E-state index contributed by atoms with van der Waals surface area (Å²) in [5.41, 5.74) is 0.580. The first-order chi connectivity index (χ1) is 7.98. The average molecular weight is 233 g/mol. The zero-order chi connectivity index (χ0) is 12.9. The molecule has 4 heteroatoms. The second-order valence-corrected chi connectivity index (χ2v) is 4.56. The fourth-order valence-electron chi connectivity index (χ4n) is 1.68. The van der Waals surface area contributed by atoms with Crippen molar-refractivity contribution >= 4 is 5.82 Å². The van der Waals surface area contributed by atoms with Gasteiger partial charge in [-0.05, 0) is 32.4 Å². The lowest BCUT2D eigenvalue weighted by Crippen LogP contribution is -2.33. The molecule has 0 aliphatic carbocycles. The number of hydrogen-bond donors (Lipinski definition) is 2. The Hall–Kier alpha value is -1.60. The average Bonchev–Trinajstić information content (AvgIpc) is 2.27. The Morgan fingerprint density at radius 1 is 1.53 bits per heavy atom. The first-order valence-corrected chi connectivity index (χ1v) is 5.82. The lowest BCUT2D eigenvalue weighted by Gasteiger charge is -2.23. The SMILES string of the molecule is CCCC(C)(O)CNc1nc(C)ccc1C#N. The van der Waals surface area contributed by atoms with Gasteiger partial charge in [-0.15, -0.1) is 0 Å². The van der Waals surface area contributed by atoms with Gasteiger partial charge in [-0.1, -0.05) is 13.3 Å². The molecule has 0 spiro atoms. The van der Waals surface area contributed by atoms with Gasteiger partial charge in [0.1, 0.15) is 11.9 Å². The molecule has 1 aromatic rings. The molecule has 4 nitrogen and oxygen atoms in total. The summed E-state index contributed by atoms with van der Waals surface area (Å²) >= 11 is 0. The summed E-state index contributed by atoms with van der Waals surface area (Å²) in [5, 5.41) is 22.0. The summed E-state index contributed by atoms with van der Waals surface area (Å²) in [7, 11) is 0. The van der Waals surface area contributed by atoms with Crippen LogP contribution in [0.3, 0.4) is 0 Å². The number of aryl methyl sites for hydroxylation is 1. The lowest BCUT2D eigenvalue weighted by atomic mass is 10.0. The minimum absolute atomic E-state index is 0.395. The second kappa shape index (κ2) is 5.65. The van der Waals surface area contributed by atoms with Gasteiger partial charge in [0.2, 0.25) is 0 Å². The van der Waals surface area contributed by atoms with Gasteiger partial charge in [-0.25, -0.2) is 4.98 Å². The molecule has 0 aliphatic heterocycles. The highest BCUT2D eigenvalue weighted by Gasteiger charge is 2.19. The van der Waals surface area contributed by atoms with Crippen LogP contribution in [0, 0.1) is 18.3 Å². The van der Waals surface area contributed by atoms with Crippen molar-refractivity contribution in [1.82, 2.24) is 4.98 Å². The molecule has 1 aromatic heterocycles. The highest BCUT2D eigenvalue weighted by Crippen LogP contribution is 2.16. The molecule has 1 heterocycles. The summed E-state index contributed by atoms with van der Waals surface area (Å²) in [5.74, 6) is 0.545. The lowest BCUT2D eigenvalue weighted by molar-refractivity contribution is 0.0636. The Morgan fingerprint density at radius 2 is 2.24 bits per heavy atom. The first-order valence-electron chi connectivity index (χ1n) is 5.82. The maximum Gasteiger partial charge on any atom is 0.144 e. The third-order valence-corrected chi connectivity index (χ3v) is 2.58. The van der Waals surface area contributed by atoms with Gasteiger partial charge in [0, 0.05) is 12.2 Å². The molecule has 92 valence electrons. The predicted octanol–water partition coefficient (Wildman–Crippen LogP) is 2.22. The van der Waals surface area contributed by atoms with E-state index in [2.05, 4.69) is 16.4 Å². The number of hydrogen-bond acceptors (Lipinski definition) is 4. The van der Waals surface area contributed by atoms with Crippen LogP contribution in [-0.2, 0) is 0 Å². The van der Waals surface area contributed by atoms with Gasteiger partial charge in [0.05, 0.1) is 11.2 Å². The maximum absolute atomic E-state index is 10.0. The normalized spacial score (nSPS) is 13.8. The van der Waals surface area contributed by atoms with Crippen molar-refractivity contribution in [1.29, 1.82) is 5.26 Å². The minimum Gasteiger partial charge on any atom is -0.388 e. The van der Waals surface area contributed by atoms with E-state index in [1.807, 2.05) is 13.8 Å². The minimum atomic E-state index is -0.771. The van der Waals surface area contributed by atoms with Crippen LogP contribution in [0.25, 0.3) is 0 Å². The summed E-state index contributed by atoms with van der Waals surface area (Å²) < 4.78 is 0. The number of rotatable bonds is 5. The maximum atomic E-state index is 10.0. The van der Waals surface area contributed by atoms with E-state index in [1.54, 1.807) is 19.1 Å². The Bertz CT molecular complexity index is 421. The Labute approximate surface area is 102 Å². The number of aliphatic hydroxyl groups is 1. The van der Waals surface area contributed by atoms with Gasteiger partial charge < -0.3 is 10.4 Å². The van der Waals surface area contributed by atoms with Crippen molar-refractivity contribution in [2.45, 2.75) is 39.2 Å². The monoisotopic (exact) mass is 233 g/mol. The number of nitrogens with zero attached hydrogens (tertiary/aromatic N) is 2. The topological polar surface area (TPSA) is 68.9 Å². The van der Waals surface area contributed by atoms with Gasteiger partial charge in [-0.3, -0.25) is 0 Å². The van der Waals surface area contributed by atoms with Crippen LogP contribution in [0.1, 0.15) is 37.9 Å². The Balaban J connectivity index is 2.75. The zero-order valence-electron chi connectivity index (χ0n) is 10.6. The molecule has 0 amide bonds. The van der Waals surface area contributed by atoms with Crippen molar-refractivity contribution in [2.75, 3.05) is 11.9 Å². The van der Waals surface area contributed by atoms with E-state index in [0.29, 0.717) is 24.3 Å². The molecule has 17 heavy (non-hydrogen) atoms. The standard InChI is InChI=1S/C13H19N3O/c1-4-7-13(3,17)9-15-12-11(8-14)6-5-10(2)16-12/h5-6,17H,4,7,9H2,1-3H3,(H,15,16). The van der Waals surface area contributed by atoms with E-state index < -0.39 is 5.60 Å². The van der Waals surface area contributed by atoms with E-state index in [4.69, 9.17) is 5.26 Å². The number of nitrogens with one attached hydrogen (secondary N) is 1. The fourth-order valence-corrected chi connectivity index (χ4v) is 1.68. The van der Waals surface area contributed by atoms with E-state index in [-0.39, 0.29) is 0 Å². The molecular formula is C13H19N3O. The van der Waals surface area contributed by atoms with Gasteiger partial charge in [0.25, 0.3) is 0 Å². The van der Waals surface area contributed by atoms with Crippen molar-refractivity contribution < 1.29 is 5.11 Å². The molecule has 0 saturated heterocycles. The molecule has 1 rings (SSSR count). The molecule has 0 radical (unpaired) electrons. The van der Waals surface area contributed by atoms with Gasteiger partial charge in [-0.2, -0.15) is 5.26 Å². The molecule has 0 bridgehead atoms. The van der Waals surface area contributed by atoms with Crippen molar-refractivity contribution in [3.8, 4) is 6.07 Å². The van der Waals surface area contributed by atoms with E-state index in [0.717, 1.165) is 12.1 Å². The highest BCUT2D eigenvalue weighted by atomic mass is 16.3. The summed E-state index contributed by atoms with van der Waals surface area (Å²) in [6.07, 6.45) is 1.63. The molecule has 0 aliphatic rings. The van der Waals surface area contributed by atoms with Gasteiger partial charge >= 0.3 is 0 Å². The van der Waals surface area contributed by atoms with Crippen LogP contribution in [0.4, 0.5) is 5.82 Å². The molecule has 2 N–H and O–H groups in total. The van der Waals surface area contributed by atoms with Crippen molar-refractivity contribution in [3.05, 3.63) is 23.4 Å². The van der Waals surface area contributed by atoms with Crippen LogP contribution in [0.5, 0.6) is 0 Å². The molecular weight excluding hydrogens is 214 g/mol. The molecule has 1 unspecified atom stereocenters. The summed E-state index contributed by atoms with van der Waals surface area (Å²) in [6.45, 7) is 6.08. The van der Waals surface area contributed by atoms with Crippen molar-refractivity contribution in [2.24, 2.45) is 0 Å².